The van der Waals surface area contributed by atoms with Gasteiger partial charge in [-0.3, -0.25) is 0 Å². The lowest BCUT2D eigenvalue weighted by Gasteiger charge is -2.15. The Bertz CT molecular complexity index is 392. The molecule has 0 spiro atoms. The fourth-order valence-corrected chi connectivity index (χ4v) is 2.92. The summed E-state index contributed by atoms with van der Waals surface area (Å²) in [6, 6.07) is 6.16. The van der Waals surface area contributed by atoms with Crippen LogP contribution in [0.2, 0.25) is 0 Å². The van der Waals surface area contributed by atoms with Gasteiger partial charge in [-0.25, -0.2) is 0 Å². The molecule has 1 fully saturated rings. The molecule has 0 saturated carbocycles. The molecule has 1 aromatic carbocycles. The summed E-state index contributed by atoms with van der Waals surface area (Å²) in [7, 11) is 0. The van der Waals surface area contributed by atoms with Crippen molar-refractivity contribution in [3.05, 3.63) is 28.2 Å². The van der Waals surface area contributed by atoms with Crippen LogP contribution in [0.15, 0.2) is 22.7 Å². The Morgan fingerprint density at radius 3 is 2.79 bits per heavy atom. The first-order valence-corrected chi connectivity index (χ1v) is 7.92. The van der Waals surface area contributed by atoms with Gasteiger partial charge in [0.1, 0.15) is 5.75 Å². The second kappa shape index (κ2) is 7.88. The summed E-state index contributed by atoms with van der Waals surface area (Å²) in [6.45, 7) is 5.12. The number of rotatable bonds is 7. The topological polar surface area (TPSA) is 38.5 Å². The van der Waals surface area contributed by atoms with Crippen LogP contribution in [0.1, 0.15) is 24.8 Å². The third-order valence-corrected chi connectivity index (χ3v) is 4.00. The molecule has 0 aliphatic carbocycles. The molecule has 1 aromatic rings. The summed E-state index contributed by atoms with van der Waals surface area (Å²) in [5.74, 6) is 0.982. The van der Waals surface area contributed by atoms with E-state index in [0.717, 1.165) is 36.2 Å². The van der Waals surface area contributed by atoms with Gasteiger partial charge in [-0.1, -0.05) is 15.9 Å². The Balaban J connectivity index is 1.77. The lowest BCUT2D eigenvalue weighted by molar-refractivity contribution is 0.262. The van der Waals surface area contributed by atoms with Gasteiger partial charge < -0.3 is 15.4 Å². The van der Waals surface area contributed by atoms with Gasteiger partial charge in [0.25, 0.3) is 0 Å². The number of halogens is 1. The summed E-state index contributed by atoms with van der Waals surface area (Å²) in [5.41, 5.74) is 6.83. The first-order chi connectivity index (χ1) is 9.29. The molecule has 0 bridgehead atoms. The Labute approximate surface area is 124 Å². The van der Waals surface area contributed by atoms with Crippen LogP contribution in [0, 0.1) is 0 Å². The van der Waals surface area contributed by atoms with Crippen LogP contribution in [0.25, 0.3) is 0 Å². The Morgan fingerprint density at radius 1 is 1.26 bits per heavy atom. The SMILES string of the molecule is NCCc1cc(Br)ccc1OCCCN1CCCC1. The van der Waals surface area contributed by atoms with Crippen molar-refractivity contribution >= 4 is 15.9 Å². The van der Waals surface area contributed by atoms with Crippen LogP contribution < -0.4 is 10.5 Å². The molecule has 2 N–H and O–H groups in total. The van der Waals surface area contributed by atoms with Gasteiger partial charge in [0.15, 0.2) is 0 Å². The van der Waals surface area contributed by atoms with Crippen molar-refractivity contribution in [2.75, 3.05) is 32.8 Å². The molecule has 1 aliphatic rings. The van der Waals surface area contributed by atoms with E-state index in [2.05, 4.69) is 26.9 Å². The molecule has 0 amide bonds. The minimum Gasteiger partial charge on any atom is -0.493 e. The number of benzene rings is 1. The van der Waals surface area contributed by atoms with Crippen LogP contribution in [-0.2, 0) is 6.42 Å². The van der Waals surface area contributed by atoms with Crippen LogP contribution in [0.5, 0.6) is 5.75 Å². The summed E-state index contributed by atoms with van der Waals surface area (Å²) in [4.78, 5) is 2.52. The monoisotopic (exact) mass is 326 g/mol. The predicted octanol–water partition coefficient (Wildman–Crippen LogP) is 2.82. The van der Waals surface area contributed by atoms with Crippen molar-refractivity contribution in [1.82, 2.24) is 4.90 Å². The largest absolute Gasteiger partial charge is 0.493 e. The Kier molecular flexibility index (Phi) is 6.14. The zero-order valence-electron chi connectivity index (χ0n) is 11.4. The zero-order chi connectivity index (χ0) is 13.5. The molecule has 0 radical (unpaired) electrons. The Morgan fingerprint density at radius 2 is 2.05 bits per heavy atom. The van der Waals surface area contributed by atoms with E-state index in [4.69, 9.17) is 10.5 Å². The van der Waals surface area contributed by atoms with Crippen LogP contribution in [0.3, 0.4) is 0 Å². The van der Waals surface area contributed by atoms with Crippen molar-refractivity contribution in [2.45, 2.75) is 25.7 Å². The van der Waals surface area contributed by atoms with Crippen molar-refractivity contribution < 1.29 is 4.74 Å². The van der Waals surface area contributed by atoms with Crippen molar-refractivity contribution in [1.29, 1.82) is 0 Å². The molecular formula is C15H23BrN2O. The van der Waals surface area contributed by atoms with Crippen LogP contribution in [0.4, 0.5) is 0 Å². The highest BCUT2D eigenvalue weighted by atomic mass is 79.9. The zero-order valence-corrected chi connectivity index (χ0v) is 13.0. The lowest BCUT2D eigenvalue weighted by Crippen LogP contribution is -2.22. The molecule has 1 heterocycles. The van der Waals surface area contributed by atoms with Gasteiger partial charge in [-0.15, -0.1) is 0 Å². The van der Waals surface area contributed by atoms with E-state index in [0.29, 0.717) is 6.54 Å². The fraction of sp³-hybridized carbons (Fsp3) is 0.600. The van der Waals surface area contributed by atoms with Gasteiger partial charge in [0.2, 0.25) is 0 Å². The molecule has 0 unspecified atom stereocenters. The molecule has 1 saturated heterocycles. The number of nitrogens with zero attached hydrogens (tertiary/aromatic N) is 1. The van der Waals surface area contributed by atoms with Gasteiger partial charge in [-0.2, -0.15) is 0 Å². The summed E-state index contributed by atoms with van der Waals surface area (Å²) in [5, 5.41) is 0. The maximum atomic E-state index is 5.90. The maximum Gasteiger partial charge on any atom is 0.122 e. The fourth-order valence-electron chi connectivity index (χ4n) is 2.52. The third kappa shape index (κ3) is 4.79. The van der Waals surface area contributed by atoms with Gasteiger partial charge in [0, 0.05) is 11.0 Å². The minimum absolute atomic E-state index is 0.653. The molecule has 1 aliphatic heterocycles. The van der Waals surface area contributed by atoms with Gasteiger partial charge >= 0.3 is 0 Å². The quantitative estimate of drug-likeness (QED) is 0.783. The number of nitrogens with two attached hydrogens (primary N) is 1. The molecule has 0 aromatic heterocycles. The maximum absolute atomic E-state index is 5.90. The first-order valence-electron chi connectivity index (χ1n) is 7.13. The molecule has 4 heteroatoms. The van der Waals surface area contributed by atoms with E-state index >= 15 is 0 Å². The lowest BCUT2D eigenvalue weighted by atomic mass is 10.1. The summed E-state index contributed by atoms with van der Waals surface area (Å²) >= 11 is 3.49. The second-order valence-corrected chi connectivity index (χ2v) is 5.96. The predicted molar refractivity (Wildman–Crippen MR) is 82.7 cm³/mol. The van der Waals surface area contributed by atoms with E-state index < -0.39 is 0 Å². The normalized spacial score (nSPS) is 15.9. The number of ether oxygens (including phenoxy) is 1. The molecule has 19 heavy (non-hydrogen) atoms. The highest BCUT2D eigenvalue weighted by Crippen LogP contribution is 2.23. The number of hydrogen-bond donors (Lipinski definition) is 1. The van der Waals surface area contributed by atoms with Gasteiger partial charge in [-0.05, 0) is 69.1 Å². The molecular weight excluding hydrogens is 304 g/mol. The summed E-state index contributed by atoms with van der Waals surface area (Å²) in [6.07, 6.45) is 4.67. The molecule has 106 valence electrons. The molecule has 3 nitrogen and oxygen atoms in total. The van der Waals surface area contributed by atoms with E-state index in [9.17, 15) is 0 Å². The first kappa shape index (κ1) is 14.8. The van der Waals surface area contributed by atoms with E-state index in [-0.39, 0.29) is 0 Å². The Hall–Kier alpha value is -0.580. The smallest absolute Gasteiger partial charge is 0.122 e. The number of hydrogen-bond acceptors (Lipinski definition) is 3. The highest BCUT2D eigenvalue weighted by molar-refractivity contribution is 9.10. The van der Waals surface area contributed by atoms with Crippen LogP contribution >= 0.6 is 15.9 Å². The number of likely N-dealkylation sites (tertiary alicyclic amines) is 1. The second-order valence-electron chi connectivity index (χ2n) is 5.04. The molecule has 2 rings (SSSR count). The third-order valence-electron chi connectivity index (χ3n) is 3.51. The van der Waals surface area contributed by atoms with E-state index in [1.807, 2.05) is 12.1 Å². The molecule has 0 atom stereocenters. The van der Waals surface area contributed by atoms with E-state index in [1.165, 1.54) is 31.5 Å². The van der Waals surface area contributed by atoms with Crippen molar-refractivity contribution in [3.63, 3.8) is 0 Å². The average molecular weight is 327 g/mol. The minimum atomic E-state index is 0.653. The van der Waals surface area contributed by atoms with Crippen molar-refractivity contribution in [3.8, 4) is 5.75 Å². The van der Waals surface area contributed by atoms with Crippen LogP contribution in [-0.4, -0.2) is 37.7 Å². The average Bonchev–Trinajstić information content (AvgIpc) is 2.90. The standard InChI is InChI=1S/C15H23BrN2O/c16-14-4-5-15(13(12-14)6-7-17)19-11-3-10-18-8-1-2-9-18/h4-5,12H,1-3,6-11,17H2. The van der Waals surface area contributed by atoms with E-state index in [1.54, 1.807) is 0 Å². The van der Waals surface area contributed by atoms with Crippen molar-refractivity contribution in [2.24, 2.45) is 5.73 Å². The highest BCUT2D eigenvalue weighted by Gasteiger charge is 2.10. The summed E-state index contributed by atoms with van der Waals surface area (Å²) < 4.78 is 6.99. The van der Waals surface area contributed by atoms with Gasteiger partial charge in [0.05, 0.1) is 6.61 Å².